The monoisotopic (exact) mass is 242 g/mol. The van der Waals surface area contributed by atoms with Crippen molar-refractivity contribution >= 4 is 17.4 Å². The van der Waals surface area contributed by atoms with Gasteiger partial charge in [0.1, 0.15) is 0 Å². The molecule has 0 spiro atoms. The standard InChI is InChI=1S/C12H16ClFN2/c1-8(2)7-16(10-3-4-10)12-11(14)5-9(13)6-15-12/h5-6,8,10H,3-4,7H2,1-2H3. The molecule has 1 heterocycles. The lowest BCUT2D eigenvalue weighted by atomic mass is 10.2. The Hall–Kier alpha value is -0.830. The average Bonchev–Trinajstić information content (AvgIpc) is 2.97. The third kappa shape index (κ3) is 2.64. The number of pyridine rings is 1. The van der Waals surface area contributed by atoms with Crippen molar-refractivity contribution in [3.63, 3.8) is 0 Å². The molecule has 0 amide bonds. The Labute approximate surface area is 100 Å². The fourth-order valence-electron chi connectivity index (χ4n) is 1.81. The smallest absolute Gasteiger partial charge is 0.167 e. The fourth-order valence-corrected chi connectivity index (χ4v) is 1.95. The topological polar surface area (TPSA) is 16.1 Å². The first kappa shape index (κ1) is 11.6. The lowest BCUT2D eigenvalue weighted by Gasteiger charge is -2.25. The van der Waals surface area contributed by atoms with Gasteiger partial charge in [0, 0.05) is 18.8 Å². The van der Waals surface area contributed by atoms with Crippen LogP contribution in [-0.2, 0) is 0 Å². The van der Waals surface area contributed by atoms with Crippen LogP contribution in [0.2, 0.25) is 5.02 Å². The SMILES string of the molecule is CC(C)CN(c1ncc(Cl)cc1F)C1CC1. The number of nitrogens with zero attached hydrogens (tertiary/aromatic N) is 2. The minimum Gasteiger partial charge on any atom is -0.351 e. The molecule has 1 aromatic rings. The molecule has 16 heavy (non-hydrogen) atoms. The Morgan fingerprint density at radius 1 is 1.56 bits per heavy atom. The second-order valence-electron chi connectivity index (χ2n) is 4.74. The van der Waals surface area contributed by atoms with Crippen LogP contribution in [0.15, 0.2) is 12.3 Å². The van der Waals surface area contributed by atoms with Crippen LogP contribution < -0.4 is 4.90 Å². The Morgan fingerprint density at radius 2 is 2.25 bits per heavy atom. The van der Waals surface area contributed by atoms with Gasteiger partial charge >= 0.3 is 0 Å². The quantitative estimate of drug-likeness (QED) is 0.804. The highest BCUT2D eigenvalue weighted by atomic mass is 35.5. The van der Waals surface area contributed by atoms with Crippen molar-refractivity contribution in [3.05, 3.63) is 23.1 Å². The summed E-state index contributed by atoms with van der Waals surface area (Å²) in [6, 6.07) is 1.80. The van der Waals surface area contributed by atoms with Crippen LogP contribution in [0.4, 0.5) is 10.2 Å². The van der Waals surface area contributed by atoms with Crippen molar-refractivity contribution in [2.45, 2.75) is 32.7 Å². The Morgan fingerprint density at radius 3 is 2.75 bits per heavy atom. The van der Waals surface area contributed by atoms with Gasteiger partial charge < -0.3 is 4.90 Å². The van der Waals surface area contributed by atoms with E-state index in [4.69, 9.17) is 11.6 Å². The summed E-state index contributed by atoms with van der Waals surface area (Å²) in [5, 5.41) is 0.349. The zero-order valence-electron chi connectivity index (χ0n) is 9.58. The van der Waals surface area contributed by atoms with E-state index < -0.39 is 0 Å². The minimum atomic E-state index is -0.319. The predicted octanol–water partition coefficient (Wildman–Crippen LogP) is 3.50. The van der Waals surface area contributed by atoms with Gasteiger partial charge in [0.05, 0.1) is 5.02 Å². The summed E-state index contributed by atoms with van der Waals surface area (Å²) in [5.41, 5.74) is 0. The number of rotatable bonds is 4. The molecule has 0 saturated heterocycles. The molecule has 0 radical (unpaired) electrons. The van der Waals surface area contributed by atoms with Crippen LogP contribution in [0.25, 0.3) is 0 Å². The van der Waals surface area contributed by atoms with E-state index in [-0.39, 0.29) is 5.82 Å². The lowest BCUT2D eigenvalue weighted by molar-refractivity contribution is 0.570. The number of halogens is 2. The van der Waals surface area contributed by atoms with Gasteiger partial charge in [0.25, 0.3) is 0 Å². The van der Waals surface area contributed by atoms with Crippen molar-refractivity contribution in [2.24, 2.45) is 5.92 Å². The summed E-state index contributed by atoms with van der Waals surface area (Å²) in [4.78, 5) is 6.18. The molecule has 1 aromatic heterocycles. The maximum atomic E-state index is 13.8. The first-order valence-corrected chi connectivity index (χ1v) is 6.03. The van der Waals surface area contributed by atoms with E-state index >= 15 is 0 Å². The van der Waals surface area contributed by atoms with E-state index in [2.05, 4.69) is 23.7 Å². The second kappa shape index (κ2) is 4.58. The van der Waals surface area contributed by atoms with Crippen molar-refractivity contribution < 1.29 is 4.39 Å². The molecule has 1 saturated carbocycles. The van der Waals surface area contributed by atoms with Gasteiger partial charge in [-0.15, -0.1) is 0 Å². The zero-order valence-corrected chi connectivity index (χ0v) is 10.3. The van der Waals surface area contributed by atoms with Crippen LogP contribution in [0.3, 0.4) is 0 Å². The summed E-state index contributed by atoms with van der Waals surface area (Å²) in [7, 11) is 0. The fraction of sp³-hybridized carbons (Fsp3) is 0.583. The number of anilines is 1. The van der Waals surface area contributed by atoms with Crippen LogP contribution in [0, 0.1) is 11.7 Å². The molecule has 1 fully saturated rings. The van der Waals surface area contributed by atoms with Crippen molar-refractivity contribution in [1.82, 2.24) is 4.98 Å². The minimum absolute atomic E-state index is 0.319. The Balaban J connectivity index is 2.24. The van der Waals surface area contributed by atoms with E-state index in [0.717, 1.165) is 19.4 Å². The summed E-state index contributed by atoms with van der Waals surface area (Å²) in [6.07, 6.45) is 3.78. The van der Waals surface area contributed by atoms with Crippen molar-refractivity contribution in [2.75, 3.05) is 11.4 Å². The first-order chi connectivity index (χ1) is 7.58. The van der Waals surface area contributed by atoms with Crippen molar-refractivity contribution in [1.29, 1.82) is 0 Å². The van der Waals surface area contributed by atoms with Crippen LogP contribution in [-0.4, -0.2) is 17.6 Å². The van der Waals surface area contributed by atoms with Crippen LogP contribution in [0.1, 0.15) is 26.7 Å². The Bertz CT molecular complexity index is 377. The molecule has 88 valence electrons. The molecule has 2 rings (SSSR count). The molecule has 2 nitrogen and oxygen atoms in total. The van der Waals surface area contributed by atoms with Gasteiger partial charge in [0.15, 0.2) is 11.6 Å². The second-order valence-corrected chi connectivity index (χ2v) is 5.17. The molecular weight excluding hydrogens is 227 g/mol. The molecule has 0 aromatic carbocycles. The van der Waals surface area contributed by atoms with E-state index in [1.807, 2.05) is 0 Å². The average molecular weight is 243 g/mol. The highest BCUT2D eigenvalue weighted by molar-refractivity contribution is 6.30. The molecule has 0 bridgehead atoms. The number of aromatic nitrogens is 1. The molecular formula is C12H16ClFN2. The summed E-state index contributed by atoms with van der Waals surface area (Å²) in [5.74, 6) is 0.623. The Kier molecular flexibility index (Phi) is 3.33. The maximum absolute atomic E-state index is 13.8. The highest BCUT2D eigenvalue weighted by Gasteiger charge is 2.31. The molecule has 1 aliphatic carbocycles. The summed E-state index contributed by atoms with van der Waals surface area (Å²) < 4.78 is 13.8. The van der Waals surface area contributed by atoms with Crippen LogP contribution >= 0.6 is 11.6 Å². The van der Waals surface area contributed by atoms with Gasteiger partial charge in [-0.2, -0.15) is 0 Å². The van der Waals surface area contributed by atoms with Gasteiger partial charge in [-0.1, -0.05) is 25.4 Å². The van der Waals surface area contributed by atoms with E-state index in [0.29, 0.717) is 22.8 Å². The van der Waals surface area contributed by atoms with Gasteiger partial charge in [-0.25, -0.2) is 9.37 Å². The summed E-state index contributed by atoms with van der Waals surface area (Å²) >= 11 is 5.70. The normalized spacial score (nSPS) is 15.6. The third-order valence-electron chi connectivity index (χ3n) is 2.61. The number of hydrogen-bond donors (Lipinski definition) is 0. The maximum Gasteiger partial charge on any atom is 0.167 e. The molecule has 1 aliphatic rings. The van der Waals surface area contributed by atoms with Gasteiger partial charge in [-0.3, -0.25) is 0 Å². The van der Waals surface area contributed by atoms with E-state index in [1.165, 1.54) is 12.3 Å². The molecule has 0 unspecified atom stereocenters. The predicted molar refractivity (Wildman–Crippen MR) is 64.4 cm³/mol. The van der Waals surface area contributed by atoms with Crippen LogP contribution in [0.5, 0.6) is 0 Å². The highest BCUT2D eigenvalue weighted by Crippen LogP contribution is 2.33. The third-order valence-corrected chi connectivity index (χ3v) is 2.82. The summed E-state index contributed by atoms with van der Waals surface area (Å²) in [6.45, 7) is 5.10. The molecule has 4 heteroatoms. The largest absolute Gasteiger partial charge is 0.351 e. The molecule has 0 aliphatic heterocycles. The first-order valence-electron chi connectivity index (χ1n) is 5.65. The van der Waals surface area contributed by atoms with Gasteiger partial charge in [-0.05, 0) is 24.8 Å². The molecule has 0 N–H and O–H groups in total. The van der Waals surface area contributed by atoms with Gasteiger partial charge in [0.2, 0.25) is 0 Å². The molecule has 0 atom stereocenters. The van der Waals surface area contributed by atoms with E-state index in [9.17, 15) is 4.39 Å². The lowest BCUT2D eigenvalue weighted by Crippen LogP contribution is -2.31. The number of hydrogen-bond acceptors (Lipinski definition) is 2. The van der Waals surface area contributed by atoms with Crippen molar-refractivity contribution in [3.8, 4) is 0 Å². The van der Waals surface area contributed by atoms with E-state index in [1.54, 1.807) is 0 Å². The zero-order chi connectivity index (χ0) is 11.7.